The van der Waals surface area contributed by atoms with Crippen molar-refractivity contribution in [1.82, 2.24) is 0 Å². The maximum absolute atomic E-state index is 11.1. The van der Waals surface area contributed by atoms with Crippen LogP contribution in [0.4, 0.5) is 0 Å². The van der Waals surface area contributed by atoms with Gasteiger partial charge in [0.25, 0.3) is 0 Å². The zero-order valence-corrected chi connectivity index (χ0v) is 11.8. The summed E-state index contributed by atoms with van der Waals surface area (Å²) in [6.07, 6.45) is 3.17. The van der Waals surface area contributed by atoms with Crippen LogP contribution in [0.15, 0.2) is 27.3 Å². The first-order valence-electron chi connectivity index (χ1n) is 5.38. The highest BCUT2D eigenvalue weighted by atomic mass is 32.2. The summed E-state index contributed by atoms with van der Waals surface area (Å²) in [4.78, 5) is 22.6. The van der Waals surface area contributed by atoms with Crippen molar-refractivity contribution in [3.05, 3.63) is 37.8 Å². The summed E-state index contributed by atoms with van der Waals surface area (Å²) in [5.41, 5.74) is 1.77. The number of thiophene rings is 1. The zero-order valence-electron chi connectivity index (χ0n) is 10.2. The van der Waals surface area contributed by atoms with E-state index < -0.39 is 5.97 Å². The standard InChI is InChI=1S/C13H14O3S2/c1-3-9(2)8-18-11(13(15)16)6-10-4-5-17-12(10)7-14/h4-8H,3H2,1-2H3,(H,15,16)/b9-8-,11-6+. The summed E-state index contributed by atoms with van der Waals surface area (Å²) in [7, 11) is 0. The van der Waals surface area contributed by atoms with E-state index in [1.54, 1.807) is 11.4 Å². The van der Waals surface area contributed by atoms with Crippen LogP contribution in [0.25, 0.3) is 6.08 Å². The maximum Gasteiger partial charge on any atom is 0.342 e. The van der Waals surface area contributed by atoms with E-state index in [0.717, 1.165) is 18.3 Å². The van der Waals surface area contributed by atoms with E-state index in [0.29, 0.717) is 10.4 Å². The summed E-state index contributed by atoms with van der Waals surface area (Å²) >= 11 is 2.47. The predicted molar refractivity (Wildman–Crippen MR) is 77.0 cm³/mol. The van der Waals surface area contributed by atoms with Gasteiger partial charge in [0, 0.05) is 0 Å². The molecule has 0 spiro atoms. The number of carboxylic acid groups (broad SMARTS) is 1. The molecule has 18 heavy (non-hydrogen) atoms. The fraction of sp³-hybridized carbons (Fsp3) is 0.231. The van der Waals surface area contributed by atoms with Gasteiger partial charge in [0.05, 0.1) is 9.78 Å². The third kappa shape index (κ3) is 4.16. The van der Waals surface area contributed by atoms with E-state index in [1.807, 2.05) is 19.3 Å². The van der Waals surface area contributed by atoms with Crippen LogP contribution in [0.5, 0.6) is 0 Å². The number of allylic oxidation sites excluding steroid dienone is 1. The van der Waals surface area contributed by atoms with Crippen LogP contribution >= 0.6 is 23.1 Å². The molecule has 0 fully saturated rings. The molecule has 5 heteroatoms. The molecule has 0 aliphatic carbocycles. The Hall–Kier alpha value is -1.33. The van der Waals surface area contributed by atoms with Crippen molar-refractivity contribution in [2.45, 2.75) is 20.3 Å². The van der Waals surface area contributed by atoms with Crippen molar-refractivity contribution < 1.29 is 14.7 Å². The number of aldehydes is 1. The number of aliphatic carboxylic acids is 1. The normalized spacial score (nSPS) is 12.6. The summed E-state index contributed by atoms with van der Waals surface area (Å²) in [5.74, 6) is -0.983. The average Bonchev–Trinajstić information content (AvgIpc) is 2.80. The fourth-order valence-corrected chi connectivity index (χ4v) is 2.55. The fourth-order valence-electron chi connectivity index (χ4n) is 1.08. The van der Waals surface area contributed by atoms with Gasteiger partial charge >= 0.3 is 5.97 Å². The van der Waals surface area contributed by atoms with Gasteiger partial charge in [-0.25, -0.2) is 4.79 Å². The van der Waals surface area contributed by atoms with Crippen LogP contribution in [0.2, 0.25) is 0 Å². The Labute approximate surface area is 114 Å². The number of rotatable bonds is 6. The maximum atomic E-state index is 11.1. The summed E-state index contributed by atoms with van der Waals surface area (Å²) in [6.45, 7) is 3.97. The molecule has 0 saturated carbocycles. The molecule has 0 saturated heterocycles. The lowest BCUT2D eigenvalue weighted by Crippen LogP contribution is -1.96. The molecular formula is C13H14O3S2. The van der Waals surface area contributed by atoms with Crippen LogP contribution < -0.4 is 0 Å². The van der Waals surface area contributed by atoms with Gasteiger partial charge < -0.3 is 5.11 Å². The molecule has 1 aromatic rings. The van der Waals surface area contributed by atoms with Crippen molar-refractivity contribution in [2.24, 2.45) is 0 Å². The molecule has 0 unspecified atom stereocenters. The zero-order chi connectivity index (χ0) is 13.5. The molecule has 0 aliphatic heterocycles. The summed E-state index contributed by atoms with van der Waals surface area (Å²) in [5, 5.41) is 12.7. The van der Waals surface area contributed by atoms with Crippen molar-refractivity contribution >= 4 is 41.4 Å². The Balaban J connectivity index is 2.98. The van der Waals surface area contributed by atoms with Crippen molar-refractivity contribution in [1.29, 1.82) is 0 Å². The minimum absolute atomic E-state index is 0.212. The predicted octanol–water partition coefficient (Wildman–Crippen LogP) is 4.03. The molecule has 0 aromatic carbocycles. The highest BCUT2D eigenvalue weighted by Gasteiger charge is 2.09. The van der Waals surface area contributed by atoms with Gasteiger partial charge in [0.2, 0.25) is 0 Å². The molecule has 1 rings (SSSR count). The molecule has 0 radical (unpaired) electrons. The quantitative estimate of drug-likeness (QED) is 0.632. The molecule has 0 atom stereocenters. The average molecular weight is 282 g/mol. The Morgan fingerprint density at radius 2 is 2.28 bits per heavy atom. The first-order chi connectivity index (χ1) is 8.58. The van der Waals surface area contributed by atoms with E-state index in [1.165, 1.54) is 29.2 Å². The number of carbonyl (C=O) groups excluding carboxylic acids is 1. The first kappa shape index (κ1) is 14.7. The minimum Gasteiger partial charge on any atom is -0.477 e. The molecule has 96 valence electrons. The van der Waals surface area contributed by atoms with E-state index in [2.05, 4.69) is 0 Å². The Bertz CT molecular complexity index is 498. The molecule has 1 N–H and O–H groups in total. The van der Waals surface area contributed by atoms with Crippen LogP contribution in [-0.4, -0.2) is 17.4 Å². The van der Waals surface area contributed by atoms with E-state index in [4.69, 9.17) is 5.11 Å². The van der Waals surface area contributed by atoms with E-state index in [-0.39, 0.29) is 4.91 Å². The van der Waals surface area contributed by atoms with Gasteiger partial charge in [0.15, 0.2) is 6.29 Å². The van der Waals surface area contributed by atoms with Crippen molar-refractivity contribution in [3.8, 4) is 0 Å². The van der Waals surface area contributed by atoms with Gasteiger partial charge in [-0.15, -0.1) is 11.3 Å². The molecular weight excluding hydrogens is 268 g/mol. The Morgan fingerprint density at radius 3 is 2.83 bits per heavy atom. The second-order valence-corrected chi connectivity index (χ2v) is 5.47. The van der Waals surface area contributed by atoms with Crippen molar-refractivity contribution in [2.75, 3.05) is 0 Å². The van der Waals surface area contributed by atoms with Gasteiger partial charge in [-0.3, -0.25) is 4.79 Å². The Morgan fingerprint density at radius 1 is 1.56 bits per heavy atom. The lowest BCUT2D eigenvalue weighted by Gasteiger charge is -1.99. The van der Waals surface area contributed by atoms with Crippen LogP contribution in [-0.2, 0) is 4.79 Å². The third-order valence-electron chi connectivity index (χ3n) is 2.28. The molecule has 1 aromatic heterocycles. The Kier molecular flexibility index (Phi) is 5.88. The lowest BCUT2D eigenvalue weighted by molar-refractivity contribution is -0.131. The number of hydrogen-bond acceptors (Lipinski definition) is 4. The van der Waals surface area contributed by atoms with Crippen LogP contribution in [0.1, 0.15) is 35.5 Å². The number of hydrogen-bond donors (Lipinski definition) is 1. The monoisotopic (exact) mass is 282 g/mol. The minimum atomic E-state index is -0.983. The summed E-state index contributed by atoms with van der Waals surface area (Å²) in [6, 6.07) is 1.74. The lowest BCUT2D eigenvalue weighted by atomic mass is 10.2. The van der Waals surface area contributed by atoms with Crippen LogP contribution in [0.3, 0.4) is 0 Å². The first-order valence-corrected chi connectivity index (χ1v) is 7.14. The number of carboxylic acids is 1. The molecule has 0 amide bonds. The van der Waals surface area contributed by atoms with Gasteiger partial charge in [-0.05, 0) is 41.8 Å². The third-order valence-corrected chi connectivity index (χ3v) is 4.20. The highest BCUT2D eigenvalue weighted by molar-refractivity contribution is 8.06. The SMILES string of the molecule is CC/C(C)=C\S/C(=C/c1ccsc1C=O)C(=O)O. The second-order valence-electron chi connectivity index (χ2n) is 3.61. The topological polar surface area (TPSA) is 54.4 Å². The smallest absolute Gasteiger partial charge is 0.342 e. The number of thioether (sulfide) groups is 1. The second kappa shape index (κ2) is 7.18. The molecule has 0 aliphatic rings. The van der Waals surface area contributed by atoms with E-state index >= 15 is 0 Å². The van der Waals surface area contributed by atoms with Gasteiger partial charge in [-0.2, -0.15) is 0 Å². The number of carbonyl (C=O) groups is 2. The van der Waals surface area contributed by atoms with Gasteiger partial charge in [-0.1, -0.05) is 24.3 Å². The van der Waals surface area contributed by atoms with E-state index in [9.17, 15) is 9.59 Å². The molecule has 1 heterocycles. The molecule has 3 nitrogen and oxygen atoms in total. The van der Waals surface area contributed by atoms with Gasteiger partial charge in [0.1, 0.15) is 0 Å². The van der Waals surface area contributed by atoms with Crippen LogP contribution in [0, 0.1) is 0 Å². The largest absolute Gasteiger partial charge is 0.477 e. The molecule has 0 bridgehead atoms. The highest BCUT2D eigenvalue weighted by Crippen LogP contribution is 2.25. The van der Waals surface area contributed by atoms with Crippen molar-refractivity contribution in [3.63, 3.8) is 0 Å². The summed E-state index contributed by atoms with van der Waals surface area (Å²) < 4.78 is 0.